The number of amides is 1. The molecule has 0 spiro atoms. The van der Waals surface area contributed by atoms with Crippen LogP contribution in [-0.2, 0) is 0 Å². The lowest BCUT2D eigenvalue weighted by Crippen LogP contribution is -2.32. The van der Waals surface area contributed by atoms with E-state index in [0.29, 0.717) is 22.1 Å². The molecule has 0 heterocycles. The Morgan fingerprint density at radius 2 is 2.29 bits per heavy atom. The lowest BCUT2D eigenvalue weighted by molar-refractivity contribution is 0.0909. The molecule has 0 fully saturated rings. The highest BCUT2D eigenvalue weighted by atomic mass is 79.9. The summed E-state index contributed by atoms with van der Waals surface area (Å²) in [5, 5.41) is 12.2. The van der Waals surface area contributed by atoms with Crippen molar-refractivity contribution in [3.8, 4) is 0 Å². The highest BCUT2D eigenvalue weighted by Gasteiger charge is 2.12. The first-order valence-electron chi connectivity index (χ1n) is 5.56. The van der Waals surface area contributed by atoms with Gasteiger partial charge in [-0.25, -0.2) is 0 Å². The Kier molecular flexibility index (Phi) is 5.44. The summed E-state index contributed by atoms with van der Waals surface area (Å²) in [6, 6.07) is 5.12. The third-order valence-electron chi connectivity index (χ3n) is 2.39. The van der Waals surface area contributed by atoms with E-state index >= 15 is 0 Å². The number of aliphatic hydroxyl groups excluding tert-OH is 1. The molecule has 4 N–H and O–H groups in total. The maximum absolute atomic E-state index is 11.8. The number of benzene rings is 1. The van der Waals surface area contributed by atoms with Gasteiger partial charge in [-0.2, -0.15) is 0 Å². The minimum atomic E-state index is -0.496. The molecule has 0 radical (unpaired) electrons. The van der Waals surface area contributed by atoms with Gasteiger partial charge in [0, 0.05) is 12.2 Å². The second-order valence-electron chi connectivity index (χ2n) is 3.86. The van der Waals surface area contributed by atoms with E-state index < -0.39 is 6.10 Å². The maximum atomic E-state index is 11.8. The average molecular weight is 301 g/mol. The molecular formula is C12H17BrN2O2. The number of nitrogens with one attached hydrogen (secondary N) is 1. The molecule has 1 atom stereocenters. The first kappa shape index (κ1) is 14.0. The fourth-order valence-electron chi connectivity index (χ4n) is 1.47. The van der Waals surface area contributed by atoms with Gasteiger partial charge in [-0.05, 0) is 34.5 Å². The van der Waals surface area contributed by atoms with Crippen molar-refractivity contribution in [2.24, 2.45) is 0 Å². The normalized spacial score (nSPS) is 12.2. The zero-order valence-corrected chi connectivity index (χ0v) is 11.3. The van der Waals surface area contributed by atoms with Crippen molar-refractivity contribution in [3.05, 3.63) is 28.2 Å². The molecule has 17 heavy (non-hydrogen) atoms. The van der Waals surface area contributed by atoms with Crippen molar-refractivity contribution >= 4 is 27.5 Å². The van der Waals surface area contributed by atoms with Crippen LogP contribution in [0.25, 0.3) is 0 Å². The molecule has 0 saturated heterocycles. The van der Waals surface area contributed by atoms with Crippen LogP contribution >= 0.6 is 15.9 Å². The van der Waals surface area contributed by atoms with Crippen molar-refractivity contribution in [2.75, 3.05) is 12.3 Å². The molecule has 1 unspecified atom stereocenters. The van der Waals surface area contributed by atoms with E-state index in [2.05, 4.69) is 21.2 Å². The number of nitrogens with two attached hydrogens (primary N) is 1. The predicted octanol–water partition coefficient (Wildman–Crippen LogP) is 1.92. The van der Waals surface area contributed by atoms with E-state index in [1.165, 1.54) is 0 Å². The number of aliphatic hydroxyl groups is 1. The predicted molar refractivity (Wildman–Crippen MR) is 71.8 cm³/mol. The first-order chi connectivity index (χ1) is 8.06. The smallest absolute Gasteiger partial charge is 0.252 e. The Balaban J connectivity index is 2.61. The maximum Gasteiger partial charge on any atom is 0.252 e. The van der Waals surface area contributed by atoms with Gasteiger partial charge >= 0.3 is 0 Å². The van der Waals surface area contributed by atoms with Gasteiger partial charge in [-0.15, -0.1) is 0 Å². The van der Waals surface area contributed by atoms with Crippen LogP contribution in [0.2, 0.25) is 0 Å². The van der Waals surface area contributed by atoms with E-state index in [4.69, 9.17) is 5.73 Å². The van der Waals surface area contributed by atoms with E-state index in [0.717, 1.165) is 6.42 Å². The van der Waals surface area contributed by atoms with Crippen molar-refractivity contribution in [1.29, 1.82) is 0 Å². The summed E-state index contributed by atoms with van der Waals surface area (Å²) in [6.45, 7) is 2.24. The Labute approximate surface area is 109 Å². The van der Waals surface area contributed by atoms with E-state index in [1.807, 2.05) is 6.92 Å². The highest BCUT2D eigenvalue weighted by molar-refractivity contribution is 9.10. The highest BCUT2D eigenvalue weighted by Crippen LogP contribution is 2.23. The summed E-state index contributed by atoms with van der Waals surface area (Å²) in [5.41, 5.74) is 6.69. The minimum Gasteiger partial charge on any atom is -0.398 e. The largest absolute Gasteiger partial charge is 0.398 e. The Bertz CT molecular complexity index is 396. The SMILES string of the molecule is CCCC(O)CNC(=O)c1cccc(N)c1Br. The molecule has 0 aliphatic heterocycles. The molecule has 0 aromatic heterocycles. The molecule has 1 aromatic rings. The van der Waals surface area contributed by atoms with Crippen LogP contribution in [0.3, 0.4) is 0 Å². The van der Waals surface area contributed by atoms with Crippen LogP contribution in [0, 0.1) is 0 Å². The van der Waals surface area contributed by atoms with Crippen LogP contribution in [0.4, 0.5) is 5.69 Å². The molecule has 1 aromatic carbocycles. The number of hydrogen-bond acceptors (Lipinski definition) is 3. The van der Waals surface area contributed by atoms with Gasteiger partial charge in [-0.3, -0.25) is 4.79 Å². The summed E-state index contributed by atoms with van der Waals surface area (Å²) in [5.74, 6) is -0.237. The van der Waals surface area contributed by atoms with Gasteiger partial charge < -0.3 is 16.2 Å². The molecule has 1 amide bonds. The molecule has 5 heteroatoms. The van der Waals surface area contributed by atoms with Gasteiger partial charge in [0.15, 0.2) is 0 Å². The molecule has 0 saturated carbocycles. The first-order valence-corrected chi connectivity index (χ1v) is 6.35. The summed E-state index contributed by atoms with van der Waals surface area (Å²) in [4.78, 5) is 11.8. The summed E-state index contributed by atoms with van der Waals surface area (Å²) >= 11 is 3.27. The molecule has 1 rings (SSSR count). The van der Waals surface area contributed by atoms with Crippen molar-refractivity contribution in [2.45, 2.75) is 25.9 Å². The summed E-state index contributed by atoms with van der Waals surface area (Å²) in [7, 11) is 0. The van der Waals surface area contributed by atoms with Crippen LogP contribution in [-0.4, -0.2) is 23.7 Å². The number of carbonyl (C=O) groups is 1. The average Bonchev–Trinajstić information content (AvgIpc) is 2.30. The van der Waals surface area contributed by atoms with Crippen molar-refractivity contribution < 1.29 is 9.90 Å². The Morgan fingerprint density at radius 1 is 1.59 bits per heavy atom. The molecule has 94 valence electrons. The summed E-state index contributed by atoms with van der Waals surface area (Å²) in [6.07, 6.45) is 1.07. The fourth-order valence-corrected chi connectivity index (χ4v) is 1.91. The number of rotatable bonds is 5. The summed E-state index contributed by atoms with van der Waals surface area (Å²) < 4.78 is 0.586. The minimum absolute atomic E-state index is 0.237. The van der Waals surface area contributed by atoms with E-state index in [1.54, 1.807) is 18.2 Å². The second kappa shape index (κ2) is 6.61. The number of hydrogen-bond donors (Lipinski definition) is 3. The zero-order valence-electron chi connectivity index (χ0n) is 9.74. The number of nitrogen functional groups attached to an aromatic ring is 1. The topological polar surface area (TPSA) is 75.3 Å². The van der Waals surface area contributed by atoms with Crippen LogP contribution in [0.15, 0.2) is 22.7 Å². The van der Waals surface area contributed by atoms with Gasteiger partial charge in [0.1, 0.15) is 0 Å². The number of anilines is 1. The lowest BCUT2D eigenvalue weighted by Gasteiger charge is -2.12. The van der Waals surface area contributed by atoms with E-state index in [9.17, 15) is 9.90 Å². The lowest BCUT2D eigenvalue weighted by atomic mass is 10.1. The molecule has 0 aliphatic carbocycles. The molecule has 4 nitrogen and oxygen atoms in total. The van der Waals surface area contributed by atoms with Crippen molar-refractivity contribution in [3.63, 3.8) is 0 Å². The van der Waals surface area contributed by atoms with E-state index in [-0.39, 0.29) is 12.5 Å². The number of carbonyl (C=O) groups excluding carboxylic acids is 1. The van der Waals surface area contributed by atoms with Gasteiger partial charge in [-0.1, -0.05) is 19.4 Å². The standard InChI is InChI=1S/C12H17BrN2O2/c1-2-4-8(16)7-15-12(17)9-5-3-6-10(14)11(9)13/h3,5-6,8,16H,2,4,7,14H2,1H3,(H,15,17). The number of halogens is 1. The molecule has 0 bridgehead atoms. The van der Waals surface area contributed by atoms with Crippen LogP contribution in [0.5, 0.6) is 0 Å². The second-order valence-corrected chi connectivity index (χ2v) is 4.65. The third kappa shape index (κ3) is 4.02. The van der Waals surface area contributed by atoms with Gasteiger partial charge in [0.25, 0.3) is 5.91 Å². The van der Waals surface area contributed by atoms with Crippen LogP contribution < -0.4 is 11.1 Å². The fraction of sp³-hybridized carbons (Fsp3) is 0.417. The quantitative estimate of drug-likeness (QED) is 0.727. The third-order valence-corrected chi connectivity index (χ3v) is 3.28. The van der Waals surface area contributed by atoms with Gasteiger partial charge in [0.05, 0.1) is 16.1 Å². The monoisotopic (exact) mass is 300 g/mol. The van der Waals surface area contributed by atoms with Crippen LogP contribution in [0.1, 0.15) is 30.1 Å². The molecular weight excluding hydrogens is 284 g/mol. The zero-order chi connectivity index (χ0) is 12.8. The van der Waals surface area contributed by atoms with Gasteiger partial charge in [0.2, 0.25) is 0 Å². The van der Waals surface area contributed by atoms with Crippen molar-refractivity contribution in [1.82, 2.24) is 5.32 Å². The Hall–Kier alpha value is -1.07. The Morgan fingerprint density at radius 3 is 2.94 bits per heavy atom. The molecule has 0 aliphatic rings.